The topological polar surface area (TPSA) is 80.6 Å². The molecule has 0 saturated heterocycles. The molecule has 0 atom stereocenters. The molecule has 0 fully saturated rings. The Labute approximate surface area is 176 Å². The second kappa shape index (κ2) is 9.96. The molecule has 0 aliphatic carbocycles. The molecule has 0 saturated carbocycles. The second-order valence-electron chi connectivity index (χ2n) is 7.25. The molecular weight excluding hydrogens is 380 g/mol. The van der Waals surface area contributed by atoms with E-state index < -0.39 is 5.91 Å². The molecule has 6 heteroatoms. The van der Waals surface area contributed by atoms with E-state index in [0.29, 0.717) is 28.1 Å². The lowest BCUT2D eigenvalue weighted by Gasteiger charge is -2.15. The first-order chi connectivity index (χ1) is 14.6. The summed E-state index contributed by atoms with van der Waals surface area (Å²) in [5.74, 6) is 0.193. The quantitative estimate of drug-likeness (QED) is 0.465. The van der Waals surface area contributed by atoms with Crippen molar-refractivity contribution >= 4 is 34.2 Å². The first kappa shape index (κ1) is 21.4. The summed E-state index contributed by atoms with van der Waals surface area (Å²) in [6, 6.07) is 14.3. The first-order valence-electron chi connectivity index (χ1n) is 10.3. The number of amides is 2. The van der Waals surface area contributed by atoms with Gasteiger partial charge in [-0.25, -0.2) is 0 Å². The first-order valence-corrected chi connectivity index (χ1v) is 10.3. The molecule has 0 spiro atoms. The predicted octanol–water partition coefficient (Wildman–Crippen LogP) is 5.85. The lowest BCUT2D eigenvalue weighted by molar-refractivity contribution is -0.120. The summed E-state index contributed by atoms with van der Waals surface area (Å²) in [6.45, 7) is 4.13. The fraction of sp³-hybridized carbons (Fsp3) is 0.333. The molecule has 2 aromatic carbocycles. The van der Waals surface area contributed by atoms with Crippen LogP contribution in [0.15, 0.2) is 52.9 Å². The van der Waals surface area contributed by atoms with E-state index in [-0.39, 0.29) is 17.6 Å². The van der Waals surface area contributed by atoms with Crippen LogP contribution < -0.4 is 15.4 Å². The van der Waals surface area contributed by atoms with Gasteiger partial charge in [0.15, 0.2) is 0 Å². The Morgan fingerprint density at radius 3 is 2.27 bits per heavy atom. The largest absolute Gasteiger partial charge is 0.497 e. The number of hydrogen-bond donors (Lipinski definition) is 2. The highest BCUT2D eigenvalue weighted by molar-refractivity contribution is 6.14. The number of benzene rings is 2. The van der Waals surface area contributed by atoms with Crippen molar-refractivity contribution in [3.8, 4) is 5.75 Å². The third kappa shape index (κ3) is 4.82. The average molecular weight is 408 g/mol. The summed E-state index contributed by atoms with van der Waals surface area (Å²) in [5.41, 5.74) is 1.57. The SMILES string of the molecule is CCCC(CCC)C(=O)Nc1c(C(=O)Nc2ccc(OC)cc2)oc2ccccc12. The van der Waals surface area contributed by atoms with Gasteiger partial charge in [0.25, 0.3) is 5.91 Å². The zero-order chi connectivity index (χ0) is 21.5. The maximum absolute atomic E-state index is 13.0. The molecule has 0 aliphatic heterocycles. The molecule has 3 rings (SSSR count). The van der Waals surface area contributed by atoms with Gasteiger partial charge in [-0.2, -0.15) is 0 Å². The standard InChI is InChI=1S/C24H28N2O4/c1-4-8-16(9-5-2)23(27)26-21-19-10-6-7-11-20(19)30-22(21)24(28)25-17-12-14-18(29-3)15-13-17/h6-7,10-16H,4-5,8-9H2,1-3H3,(H,25,28)(H,26,27). The van der Waals surface area contributed by atoms with E-state index >= 15 is 0 Å². The molecule has 0 radical (unpaired) electrons. The van der Waals surface area contributed by atoms with Gasteiger partial charge >= 0.3 is 0 Å². The Kier molecular flexibility index (Phi) is 7.12. The van der Waals surface area contributed by atoms with Gasteiger partial charge in [-0.15, -0.1) is 0 Å². The number of methoxy groups -OCH3 is 1. The number of furan rings is 1. The van der Waals surface area contributed by atoms with Crippen LogP contribution in [0.4, 0.5) is 11.4 Å². The maximum atomic E-state index is 13.0. The molecule has 0 unspecified atom stereocenters. The van der Waals surface area contributed by atoms with Gasteiger partial charge in [0.2, 0.25) is 11.7 Å². The van der Waals surface area contributed by atoms with Gasteiger partial charge in [0, 0.05) is 17.0 Å². The number of carbonyl (C=O) groups excluding carboxylic acids is 2. The van der Waals surface area contributed by atoms with Crippen molar-refractivity contribution in [2.45, 2.75) is 39.5 Å². The van der Waals surface area contributed by atoms with E-state index in [9.17, 15) is 9.59 Å². The van der Waals surface area contributed by atoms with Crippen LogP contribution in [0.2, 0.25) is 0 Å². The zero-order valence-corrected chi connectivity index (χ0v) is 17.7. The molecule has 158 valence electrons. The fourth-order valence-corrected chi connectivity index (χ4v) is 3.52. The Balaban J connectivity index is 1.90. The monoisotopic (exact) mass is 408 g/mol. The smallest absolute Gasteiger partial charge is 0.293 e. The second-order valence-corrected chi connectivity index (χ2v) is 7.25. The summed E-state index contributed by atoms with van der Waals surface area (Å²) in [7, 11) is 1.58. The molecule has 0 aliphatic rings. The predicted molar refractivity (Wildman–Crippen MR) is 119 cm³/mol. The van der Waals surface area contributed by atoms with Gasteiger partial charge in [-0.1, -0.05) is 38.8 Å². The highest BCUT2D eigenvalue weighted by Gasteiger charge is 2.25. The molecule has 1 aromatic heterocycles. The molecule has 1 heterocycles. The van der Waals surface area contributed by atoms with E-state index in [1.165, 1.54) is 0 Å². The highest BCUT2D eigenvalue weighted by atomic mass is 16.5. The Morgan fingerprint density at radius 2 is 1.63 bits per heavy atom. The highest BCUT2D eigenvalue weighted by Crippen LogP contribution is 2.32. The third-order valence-corrected chi connectivity index (χ3v) is 5.04. The van der Waals surface area contributed by atoms with E-state index in [1.807, 2.05) is 18.2 Å². The summed E-state index contributed by atoms with van der Waals surface area (Å²) >= 11 is 0. The molecule has 30 heavy (non-hydrogen) atoms. The van der Waals surface area contributed by atoms with Crippen LogP contribution in [0.1, 0.15) is 50.1 Å². The van der Waals surface area contributed by atoms with E-state index in [0.717, 1.165) is 25.7 Å². The number of rotatable bonds is 9. The number of nitrogens with one attached hydrogen (secondary N) is 2. The van der Waals surface area contributed by atoms with Crippen LogP contribution in [0.25, 0.3) is 11.0 Å². The minimum absolute atomic E-state index is 0.0799. The minimum atomic E-state index is -0.422. The van der Waals surface area contributed by atoms with Crippen LogP contribution >= 0.6 is 0 Å². The molecule has 3 aromatic rings. The van der Waals surface area contributed by atoms with Crippen molar-refractivity contribution in [1.82, 2.24) is 0 Å². The number of carbonyl (C=O) groups is 2. The van der Waals surface area contributed by atoms with Crippen molar-refractivity contribution in [2.75, 3.05) is 17.7 Å². The Bertz CT molecular complexity index is 1000. The van der Waals surface area contributed by atoms with E-state index in [4.69, 9.17) is 9.15 Å². The zero-order valence-electron chi connectivity index (χ0n) is 17.7. The van der Waals surface area contributed by atoms with Gasteiger partial charge in [0.05, 0.1) is 7.11 Å². The van der Waals surface area contributed by atoms with Crippen LogP contribution in [0.3, 0.4) is 0 Å². The molecule has 0 bridgehead atoms. The number of ether oxygens (including phenoxy) is 1. The van der Waals surface area contributed by atoms with Crippen molar-refractivity contribution in [3.05, 3.63) is 54.3 Å². The van der Waals surface area contributed by atoms with Crippen molar-refractivity contribution < 1.29 is 18.7 Å². The Hall–Kier alpha value is -3.28. The van der Waals surface area contributed by atoms with Gasteiger partial charge in [-0.3, -0.25) is 9.59 Å². The normalized spacial score (nSPS) is 10.9. The molecule has 6 nitrogen and oxygen atoms in total. The minimum Gasteiger partial charge on any atom is -0.497 e. The lowest BCUT2D eigenvalue weighted by Crippen LogP contribution is -2.24. The van der Waals surface area contributed by atoms with Crippen LogP contribution in [0.5, 0.6) is 5.75 Å². The van der Waals surface area contributed by atoms with Gasteiger partial charge in [-0.05, 0) is 49.2 Å². The number of hydrogen-bond acceptors (Lipinski definition) is 4. The van der Waals surface area contributed by atoms with Crippen LogP contribution in [0, 0.1) is 5.92 Å². The number of fused-ring (bicyclic) bond motifs is 1. The summed E-state index contributed by atoms with van der Waals surface area (Å²) in [5, 5.41) is 6.50. The third-order valence-electron chi connectivity index (χ3n) is 5.04. The van der Waals surface area contributed by atoms with Gasteiger partial charge in [0.1, 0.15) is 17.0 Å². The molecule has 2 N–H and O–H groups in total. The van der Waals surface area contributed by atoms with Crippen LogP contribution in [-0.2, 0) is 4.79 Å². The number of anilines is 2. The lowest BCUT2D eigenvalue weighted by atomic mass is 9.97. The number of para-hydroxylation sites is 1. The molecular formula is C24H28N2O4. The van der Waals surface area contributed by atoms with Crippen LogP contribution in [-0.4, -0.2) is 18.9 Å². The van der Waals surface area contributed by atoms with Crippen molar-refractivity contribution in [2.24, 2.45) is 5.92 Å². The Morgan fingerprint density at radius 1 is 0.967 bits per heavy atom. The van der Waals surface area contributed by atoms with Gasteiger partial charge < -0.3 is 19.8 Å². The fourth-order valence-electron chi connectivity index (χ4n) is 3.52. The molecule has 2 amide bonds. The van der Waals surface area contributed by atoms with E-state index in [1.54, 1.807) is 37.4 Å². The maximum Gasteiger partial charge on any atom is 0.293 e. The van der Waals surface area contributed by atoms with E-state index in [2.05, 4.69) is 24.5 Å². The van der Waals surface area contributed by atoms with Crippen molar-refractivity contribution in [3.63, 3.8) is 0 Å². The summed E-state index contributed by atoms with van der Waals surface area (Å²) < 4.78 is 11.0. The summed E-state index contributed by atoms with van der Waals surface area (Å²) in [4.78, 5) is 25.9. The van der Waals surface area contributed by atoms with Crippen molar-refractivity contribution in [1.29, 1.82) is 0 Å². The average Bonchev–Trinajstić information content (AvgIpc) is 3.12. The summed E-state index contributed by atoms with van der Waals surface area (Å²) in [6.07, 6.45) is 3.47.